The summed E-state index contributed by atoms with van der Waals surface area (Å²) in [5, 5.41) is 6.11. The van der Waals surface area contributed by atoms with Gasteiger partial charge in [-0.2, -0.15) is 0 Å². The van der Waals surface area contributed by atoms with Gasteiger partial charge >= 0.3 is 6.03 Å². The highest BCUT2D eigenvalue weighted by atomic mass is 35.5. The van der Waals surface area contributed by atoms with Gasteiger partial charge in [0.15, 0.2) is 11.5 Å². The molecule has 1 atom stereocenters. The molecule has 1 heterocycles. The zero-order valence-corrected chi connectivity index (χ0v) is 17.2. The fourth-order valence-corrected chi connectivity index (χ4v) is 3.45. The molecule has 1 aliphatic heterocycles. The molecule has 0 radical (unpaired) electrons. The van der Waals surface area contributed by atoms with E-state index in [2.05, 4.69) is 10.6 Å². The van der Waals surface area contributed by atoms with Crippen molar-refractivity contribution in [2.45, 2.75) is 19.6 Å². The second kappa shape index (κ2) is 8.63. The highest BCUT2D eigenvalue weighted by Crippen LogP contribution is 2.40. The normalized spacial score (nSPS) is 16.1. The van der Waals surface area contributed by atoms with Crippen molar-refractivity contribution in [3.05, 3.63) is 68.8 Å². The summed E-state index contributed by atoms with van der Waals surface area (Å²) >= 11 is 12.3. The Balaban J connectivity index is 1.93. The van der Waals surface area contributed by atoms with Gasteiger partial charge in [0, 0.05) is 10.7 Å². The molecule has 29 heavy (non-hydrogen) atoms. The number of primary amides is 1. The average Bonchev–Trinajstić information content (AvgIpc) is 2.66. The van der Waals surface area contributed by atoms with E-state index in [1.165, 1.54) is 7.11 Å². The fraction of sp³-hybridized carbons (Fsp3) is 0.200. The van der Waals surface area contributed by atoms with E-state index >= 15 is 0 Å². The minimum atomic E-state index is -0.766. The van der Waals surface area contributed by atoms with Gasteiger partial charge in [-0.15, -0.1) is 0 Å². The standard InChI is InChI=1S/C20H19Cl2N3O4/c1-10-16(19(23)26)17(25-20(27)24-10)12-7-14(22)18(15(8-12)28-2)29-9-11-3-5-13(21)6-4-11/h3-8,17H,9H2,1-2H3,(H2,23,26)(H2,24,25,27)/t17-/m0/s1. The van der Waals surface area contributed by atoms with Gasteiger partial charge in [-0.25, -0.2) is 4.79 Å². The number of benzene rings is 2. The maximum Gasteiger partial charge on any atom is 0.319 e. The van der Waals surface area contributed by atoms with E-state index in [4.69, 9.17) is 38.4 Å². The predicted octanol–water partition coefficient (Wildman–Crippen LogP) is 3.69. The number of carbonyl (C=O) groups is 2. The molecule has 2 aromatic carbocycles. The molecule has 1 aliphatic rings. The molecule has 0 aliphatic carbocycles. The SMILES string of the molecule is COc1cc([C@@H]2NC(=O)NC(C)=C2C(N)=O)cc(Cl)c1OCc1ccc(Cl)cc1. The van der Waals surface area contributed by atoms with Crippen LogP contribution in [0.25, 0.3) is 0 Å². The van der Waals surface area contributed by atoms with Crippen molar-refractivity contribution in [3.63, 3.8) is 0 Å². The largest absolute Gasteiger partial charge is 0.493 e. The van der Waals surface area contributed by atoms with Crippen molar-refractivity contribution in [1.29, 1.82) is 0 Å². The van der Waals surface area contributed by atoms with Gasteiger partial charge in [0.2, 0.25) is 5.91 Å². The number of carbonyl (C=O) groups excluding carboxylic acids is 2. The van der Waals surface area contributed by atoms with Crippen LogP contribution in [0.15, 0.2) is 47.7 Å². The number of amides is 3. The summed E-state index contributed by atoms with van der Waals surface area (Å²) in [4.78, 5) is 23.8. The lowest BCUT2D eigenvalue weighted by atomic mass is 9.94. The summed E-state index contributed by atoms with van der Waals surface area (Å²) in [6.45, 7) is 1.86. The van der Waals surface area contributed by atoms with Crippen molar-refractivity contribution in [3.8, 4) is 11.5 Å². The van der Waals surface area contributed by atoms with Crippen LogP contribution in [-0.2, 0) is 11.4 Å². The van der Waals surface area contributed by atoms with Gasteiger partial charge in [0.05, 0.1) is 23.7 Å². The molecule has 3 amide bonds. The van der Waals surface area contributed by atoms with E-state index in [1.807, 2.05) is 12.1 Å². The Labute approximate surface area is 177 Å². The third kappa shape index (κ3) is 4.58. The van der Waals surface area contributed by atoms with Gasteiger partial charge in [0.25, 0.3) is 0 Å². The number of hydrogen-bond donors (Lipinski definition) is 3. The van der Waals surface area contributed by atoms with E-state index in [9.17, 15) is 9.59 Å². The van der Waals surface area contributed by atoms with Crippen molar-refractivity contribution in [2.75, 3.05) is 7.11 Å². The van der Waals surface area contributed by atoms with Crippen LogP contribution in [0.4, 0.5) is 4.79 Å². The van der Waals surface area contributed by atoms with Crippen LogP contribution in [0.2, 0.25) is 10.0 Å². The van der Waals surface area contributed by atoms with Crippen LogP contribution >= 0.6 is 23.2 Å². The minimum absolute atomic E-state index is 0.234. The number of nitrogens with one attached hydrogen (secondary N) is 2. The third-order valence-corrected chi connectivity index (χ3v) is 4.95. The summed E-state index contributed by atoms with van der Waals surface area (Å²) in [5.41, 5.74) is 7.55. The number of hydrogen-bond acceptors (Lipinski definition) is 4. The van der Waals surface area contributed by atoms with Crippen LogP contribution in [-0.4, -0.2) is 19.0 Å². The van der Waals surface area contributed by atoms with Crippen LogP contribution in [0.1, 0.15) is 24.1 Å². The number of urea groups is 1. The van der Waals surface area contributed by atoms with Gasteiger partial charge in [-0.3, -0.25) is 4.79 Å². The Bertz CT molecular complexity index is 990. The average molecular weight is 436 g/mol. The number of methoxy groups -OCH3 is 1. The van der Waals surface area contributed by atoms with Crippen LogP contribution in [0.5, 0.6) is 11.5 Å². The lowest BCUT2D eigenvalue weighted by Crippen LogP contribution is -2.46. The number of ether oxygens (including phenoxy) is 2. The van der Waals surface area contributed by atoms with Crippen molar-refractivity contribution in [2.24, 2.45) is 5.73 Å². The van der Waals surface area contributed by atoms with Crippen molar-refractivity contribution < 1.29 is 19.1 Å². The number of nitrogens with two attached hydrogens (primary N) is 1. The minimum Gasteiger partial charge on any atom is -0.493 e. The molecule has 7 nitrogen and oxygen atoms in total. The molecule has 2 aromatic rings. The Morgan fingerprint density at radius 2 is 1.90 bits per heavy atom. The first-order valence-electron chi connectivity index (χ1n) is 8.63. The molecule has 152 valence electrons. The highest BCUT2D eigenvalue weighted by molar-refractivity contribution is 6.32. The second-order valence-electron chi connectivity index (χ2n) is 6.38. The topological polar surface area (TPSA) is 103 Å². The molecule has 0 spiro atoms. The van der Waals surface area contributed by atoms with E-state index in [0.29, 0.717) is 27.8 Å². The van der Waals surface area contributed by atoms with Crippen molar-refractivity contribution in [1.82, 2.24) is 10.6 Å². The molecular weight excluding hydrogens is 417 g/mol. The highest BCUT2D eigenvalue weighted by Gasteiger charge is 2.31. The maximum absolute atomic E-state index is 11.9. The first-order chi connectivity index (χ1) is 13.8. The number of allylic oxidation sites excluding steroid dienone is 1. The molecule has 0 saturated heterocycles. The molecule has 0 unspecified atom stereocenters. The molecular formula is C20H19Cl2N3O4. The maximum atomic E-state index is 11.9. The molecule has 0 saturated carbocycles. The lowest BCUT2D eigenvalue weighted by Gasteiger charge is -2.28. The van der Waals surface area contributed by atoms with Gasteiger partial charge in [-0.05, 0) is 42.3 Å². The summed E-state index contributed by atoms with van der Waals surface area (Å²) in [6, 6.07) is 9.25. The van der Waals surface area contributed by atoms with Crippen LogP contribution in [0.3, 0.4) is 0 Å². The first-order valence-corrected chi connectivity index (χ1v) is 9.38. The zero-order valence-electron chi connectivity index (χ0n) is 15.7. The Kier molecular flexibility index (Phi) is 6.20. The van der Waals surface area contributed by atoms with Gasteiger partial charge < -0.3 is 25.8 Å². The smallest absolute Gasteiger partial charge is 0.319 e. The molecule has 9 heteroatoms. The summed E-state index contributed by atoms with van der Waals surface area (Å²) in [6.07, 6.45) is 0. The Hall–Kier alpha value is -2.90. The summed E-state index contributed by atoms with van der Waals surface area (Å²) in [7, 11) is 1.47. The fourth-order valence-electron chi connectivity index (χ4n) is 3.05. The quantitative estimate of drug-likeness (QED) is 0.643. The number of rotatable bonds is 6. The van der Waals surface area contributed by atoms with E-state index in [0.717, 1.165) is 5.56 Å². The van der Waals surface area contributed by atoms with Gasteiger partial charge in [-0.1, -0.05) is 35.3 Å². The Morgan fingerprint density at radius 3 is 2.52 bits per heavy atom. The molecule has 3 rings (SSSR count). The number of halogens is 2. The molecule has 0 fully saturated rings. The summed E-state index contributed by atoms with van der Waals surface area (Å²) in [5.74, 6) is 0.0447. The van der Waals surface area contributed by atoms with Crippen LogP contribution in [0, 0.1) is 0 Å². The molecule has 0 aromatic heterocycles. The zero-order chi connectivity index (χ0) is 21.1. The summed E-state index contributed by atoms with van der Waals surface area (Å²) < 4.78 is 11.3. The van der Waals surface area contributed by atoms with E-state index in [-0.39, 0.29) is 17.2 Å². The molecule has 0 bridgehead atoms. The monoisotopic (exact) mass is 435 g/mol. The first kappa shape index (κ1) is 20.8. The van der Waals surface area contributed by atoms with E-state index < -0.39 is 18.0 Å². The third-order valence-electron chi connectivity index (χ3n) is 4.42. The molecule has 4 N–H and O–H groups in total. The van der Waals surface area contributed by atoms with Gasteiger partial charge in [0.1, 0.15) is 6.61 Å². The van der Waals surface area contributed by atoms with E-state index in [1.54, 1.807) is 31.2 Å². The second-order valence-corrected chi connectivity index (χ2v) is 7.23. The Morgan fingerprint density at radius 1 is 1.21 bits per heavy atom. The van der Waals surface area contributed by atoms with Crippen LogP contribution < -0.4 is 25.8 Å². The van der Waals surface area contributed by atoms with Crippen molar-refractivity contribution >= 4 is 35.1 Å². The predicted molar refractivity (Wildman–Crippen MR) is 110 cm³/mol. The lowest BCUT2D eigenvalue weighted by molar-refractivity contribution is -0.115.